The highest BCUT2D eigenvalue weighted by Gasteiger charge is 2.43. The minimum absolute atomic E-state index is 0.0944. The molecule has 1 fully saturated rings. The number of carbonyl (C=O) groups is 4. The van der Waals surface area contributed by atoms with Crippen molar-refractivity contribution >= 4 is 32.1 Å². The molecule has 37 heavy (non-hydrogen) atoms. The Labute approximate surface area is 222 Å². The average molecular weight is 542 g/mol. The van der Waals surface area contributed by atoms with Gasteiger partial charge in [-0.3, -0.25) is 4.79 Å². The molecule has 1 aliphatic rings. The van der Waals surface area contributed by atoms with Crippen LogP contribution in [0.15, 0.2) is 12.7 Å². The summed E-state index contributed by atoms with van der Waals surface area (Å²) in [6, 6.07) is -1.43. The van der Waals surface area contributed by atoms with Gasteiger partial charge in [-0.05, 0) is 46.1 Å². The van der Waals surface area contributed by atoms with Crippen LogP contribution in [-0.2, 0) is 23.8 Å². The number of nitrogens with one attached hydrogen (secondary N) is 2. The first-order valence-electron chi connectivity index (χ1n) is 13.1. The lowest BCUT2D eigenvalue weighted by Gasteiger charge is -2.28. The van der Waals surface area contributed by atoms with E-state index in [2.05, 4.69) is 36.9 Å². The highest BCUT2D eigenvalue weighted by atomic mass is 28.3. The number of methoxy groups -OCH3 is 1. The predicted octanol–water partition coefficient (Wildman–Crippen LogP) is 4.22. The molecule has 0 radical (unpaired) electrons. The minimum Gasteiger partial charge on any atom is -0.467 e. The van der Waals surface area contributed by atoms with Crippen molar-refractivity contribution in [3.63, 3.8) is 0 Å². The molecule has 0 saturated carbocycles. The highest BCUT2D eigenvalue weighted by molar-refractivity contribution is 6.76. The summed E-state index contributed by atoms with van der Waals surface area (Å²) in [5, 5.41) is 5.45. The maximum absolute atomic E-state index is 13.6. The third-order valence-corrected chi connectivity index (χ3v) is 7.56. The molecule has 1 heterocycles. The summed E-state index contributed by atoms with van der Waals surface area (Å²) in [6.45, 7) is 15.9. The molecule has 1 saturated heterocycles. The van der Waals surface area contributed by atoms with Crippen LogP contribution >= 0.6 is 0 Å². The van der Waals surface area contributed by atoms with Crippen LogP contribution in [-0.4, -0.2) is 81.0 Å². The quantitative estimate of drug-likeness (QED) is 0.118. The fraction of sp³-hybridized carbons (Fsp3) is 0.769. The Kier molecular flexibility index (Phi) is 13.2. The fourth-order valence-corrected chi connectivity index (χ4v) is 4.64. The van der Waals surface area contributed by atoms with Gasteiger partial charge in [-0.2, -0.15) is 0 Å². The van der Waals surface area contributed by atoms with Gasteiger partial charge in [0.2, 0.25) is 5.91 Å². The van der Waals surface area contributed by atoms with Crippen molar-refractivity contribution in [3.8, 4) is 0 Å². The van der Waals surface area contributed by atoms with E-state index in [1.54, 1.807) is 20.8 Å². The van der Waals surface area contributed by atoms with E-state index in [0.29, 0.717) is 12.8 Å². The van der Waals surface area contributed by atoms with E-state index in [1.165, 1.54) is 12.0 Å². The van der Waals surface area contributed by atoms with E-state index < -0.39 is 55.9 Å². The second kappa shape index (κ2) is 15.0. The van der Waals surface area contributed by atoms with Crippen LogP contribution in [0, 0.1) is 0 Å². The van der Waals surface area contributed by atoms with Crippen molar-refractivity contribution < 1.29 is 33.4 Å². The van der Waals surface area contributed by atoms with Crippen LogP contribution < -0.4 is 10.6 Å². The van der Waals surface area contributed by atoms with Gasteiger partial charge >= 0.3 is 18.2 Å². The van der Waals surface area contributed by atoms with E-state index in [0.717, 1.165) is 25.3 Å². The topological polar surface area (TPSA) is 123 Å². The van der Waals surface area contributed by atoms with Crippen molar-refractivity contribution in [1.82, 2.24) is 15.5 Å². The first kappa shape index (κ1) is 32.5. The van der Waals surface area contributed by atoms with Gasteiger partial charge in [-0.1, -0.05) is 38.6 Å². The van der Waals surface area contributed by atoms with Crippen LogP contribution in [0.2, 0.25) is 25.7 Å². The molecule has 0 aromatic heterocycles. The SMILES string of the molecule is C=CCCCCC[C@H](NC(=O)OCC[Si](C)(C)C)C(=O)N1C[C@H](NC(=O)OC(C)(C)C)C[C@H]1C(=O)OC. The van der Waals surface area contributed by atoms with Crippen LogP contribution in [0.1, 0.15) is 59.3 Å². The smallest absolute Gasteiger partial charge is 0.407 e. The Morgan fingerprint density at radius 3 is 2.35 bits per heavy atom. The van der Waals surface area contributed by atoms with Crippen molar-refractivity contribution in [2.75, 3.05) is 20.3 Å². The van der Waals surface area contributed by atoms with E-state index in [4.69, 9.17) is 14.2 Å². The zero-order valence-corrected chi connectivity index (χ0v) is 24.7. The first-order chi connectivity index (χ1) is 17.2. The lowest BCUT2D eigenvalue weighted by molar-refractivity contribution is -0.151. The number of amides is 3. The zero-order chi connectivity index (χ0) is 28.2. The standard InChI is InChI=1S/C26H47N3O7Si/c1-9-10-11-12-13-14-20(28-24(32)35-15-16-37(6,7)8)22(30)29-18-19(17-21(29)23(31)34-5)27-25(33)36-26(2,3)4/h9,19-21H,1,10-18H2,2-8H3,(H,27,33)(H,28,32)/t19-,20+,21+/m1/s1. The van der Waals surface area contributed by atoms with Gasteiger partial charge in [0, 0.05) is 21.0 Å². The van der Waals surface area contributed by atoms with Gasteiger partial charge in [-0.25, -0.2) is 14.4 Å². The molecule has 0 spiro atoms. The summed E-state index contributed by atoms with van der Waals surface area (Å²) in [4.78, 5) is 52.3. The number of carbonyl (C=O) groups excluding carboxylic acids is 4. The van der Waals surface area contributed by atoms with Crippen LogP contribution in [0.3, 0.4) is 0 Å². The zero-order valence-electron chi connectivity index (χ0n) is 23.7. The van der Waals surface area contributed by atoms with E-state index in [-0.39, 0.29) is 19.6 Å². The van der Waals surface area contributed by atoms with Crippen LogP contribution in [0.5, 0.6) is 0 Å². The number of alkyl carbamates (subject to hydrolysis) is 2. The van der Waals surface area contributed by atoms with Gasteiger partial charge in [-0.15, -0.1) is 6.58 Å². The lowest BCUT2D eigenvalue weighted by atomic mass is 10.1. The molecule has 0 aliphatic carbocycles. The Bertz CT molecular complexity index is 792. The minimum atomic E-state index is -1.39. The van der Waals surface area contributed by atoms with Gasteiger partial charge in [0.1, 0.15) is 17.7 Å². The van der Waals surface area contributed by atoms with E-state index in [9.17, 15) is 19.2 Å². The number of hydrogen-bond acceptors (Lipinski definition) is 7. The Balaban J connectivity index is 2.96. The van der Waals surface area contributed by atoms with Crippen LogP contribution in [0.25, 0.3) is 0 Å². The molecule has 212 valence electrons. The summed E-state index contributed by atoms with van der Waals surface area (Å²) in [5.74, 6) is -0.987. The largest absolute Gasteiger partial charge is 0.467 e. The summed E-state index contributed by atoms with van der Waals surface area (Å²) in [6.07, 6.45) is 4.53. The Morgan fingerprint density at radius 2 is 1.78 bits per heavy atom. The summed E-state index contributed by atoms with van der Waals surface area (Å²) >= 11 is 0. The van der Waals surface area contributed by atoms with Gasteiger partial charge in [0.05, 0.1) is 19.8 Å². The first-order valence-corrected chi connectivity index (χ1v) is 16.8. The molecule has 3 atom stereocenters. The molecule has 0 aromatic rings. The molecule has 1 rings (SSSR count). The maximum atomic E-state index is 13.6. The van der Waals surface area contributed by atoms with E-state index >= 15 is 0 Å². The van der Waals surface area contributed by atoms with Crippen molar-refractivity contribution in [2.24, 2.45) is 0 Å². The molecule has 10 nitrogen and oxygen atoms in total. The number of esters is 1. The van der Waals surface area contributed by atoms with Crippen LogP contribution in [0.4, 0.5) is 9.59 Å². The molecule has 2 N–H and O–H groups in total. The molecule has 0 bridgehead atoms. The molecule has 3 amide bonds. The van der Waals surface area contributed by atoms with Gasteiger partial charge < -0.3 is 29.7 Å². The fourth-order valence-electron chi connectivity index (χ4n) is 3.92. The maximum Gasteiger partial charge on any atom is 0.407 e. The van der Waals surface area contributed by atoms with Gasteiger partial charge in [0.15, 0.2) is 0 Å². The second-order valence-corrected chi connectivity index (χ2v) is 17.3. The van der Waals surface area contributed by atoms with Crippen molar-refractivity contribution in [3.05, 3.63) is 12.7 Å². The number of likely N-dealkylation sites (tertiary alicyclic amines) is 1. The normalized spacial score (nSPS) is 18.5. The number of unbranched alkanes of at least 4 members (excludes halogenated alkanes) is 3. The Morgan fingerprint density at radius 1 is 1.11 bits per heavy atom. The van der Waals surface area contributed by atoms with Crippen molar-refractivity contribution in [1.29, 1.82) is 0 Å². The molecule has 11 heteroatoms. The number of ether oxygens (including phenoxy) is 3. The molecule has 0 aromatic carbocycles. The molecule has 0 unspecified atom stereocenters. The lowest BCUT2D eigenvalue weighted by Crippen LogP contribution is -2.52. The third-order valence-electron chi connectivity index (χ3n) is 5.85. The number of nitrogens with zero attached hydrogens (tertiary/aromatic N) is 1. The average Bonchev–Trinajstić information content (AvgIpc) is 3.18. The number of hydrogen-bond donors (Lipinski definition) is 2. The predicted molar refractivity (Wildman–Crippen MR) is 145 cm³/mol. The molecular formula is C26H47N3O7Si. The van der Waals surface area contributed by atoms with Gasteiger partial charge in [0.25, 0.3) is 0 Å². The van der Waals surface area contributed by atoms with Crippen molar-refractivity contribution in [2.45, 2.75) is 109 Å². The monoisotopic (exact) mass is 541 g/mol. The Hall–Kier alpha value is -2.56. The second-order valence-electron chi connectivity index (χ2n) is 11.7. The van der Waals surface area contributed by atoms with E-state index in [1.807, 2.05) is 6.08 Å². The highest BCUT2D eigenvalue weighted by Crippen LogP contribution is 2.22. The molecular weight excluding hydrogens is 494 g/mol. The number of rotatable bonds is 13. The summed E-state index contributed by atoms with van der Waals surface area (Å²) < 4.78 is 15.6. The molecule has 1 aliphatic heterocycles. The summed E-state index contributed by atoms with van der Waals surface area (Å²) in [5.41, 5.74) is -0.684. The number of allylic oxidation sites excluding steroid dienone is 1. The summed E-state index contributed by atoms with van der Waals surface area (Å²) in [7, 11) is -0.133. The third kappa shape index (κ3) is 13.0.